The van der Waals surface area contributed by atoms with Gasteiger partial charge in [-0.1, -0.05) is 29.3 Å². The van der Waals surface area contributed by atoms with Gasteiger partial charge in [-0.05, 0) is 46.3 Å². The van der Waals surface area contributed by atoms with Gasteiger partial charge < -0.3 is 14.5 Å². The molecule has 0 spiro atoms. The van der Waals surface area contributed by atoms with E-state index in [0.29, 0.717) is 21.1 Å². The van der Waals surface area contributed by atoms with Crippen molar-refractivity contribution in [1.29, 1.82) is 0 Å². The molecular formula is C15H10BrCl2NO4. The van der Waals surface area contributed by atoms with Gasteiger partial charge in [0.1, 0.15) is 5.76 Å². The van der Waals surface area contributed by atoms with Gasteiger partial charge in [0.2, 0.25) is 0 Å². The highest BCUT2D eigenvalue weighted by Gasteiger charge is 2.10. The van der Waals surface area contributed by atoms with E-state index in [-0.39, 0.29) is 5.02 Å². The smallest absolute Gasteiger partial charge is 0.331 e. The summed E-state index contributed by atoms with van der Waals surface area (Å²) in [4.78, 5) is 23.2. The minimum absolute atomic E-state index is 0.220. The first kappa shape index (κ1) is 17.6. The van der Waals surface area contributed by atoms with E-state index in [1.165, 1.54) is 6.08 Å². The second-order valence-corrected chi connectivity index (χ2v) is 5.80. The second-order valence-electron chi connectivity index (χ2n) is 4.23. The van der Waals surface area contributed by atoms with Gasteiger partial charge in [0.05, 0.1) is 15.7 Å². The van der Waals surface area contributed by atoms with Gasteiger partial charge in [-0.15, -0.1) is 0 Å². The van der Waals surface area contributed by atoms with E-state index < -0.39 is 18.5 Å². The summed E-state index contributed by atoms with van der Waals surface area (Å²) < 4.78 is 10.5. The highest BCUT2D eigenvalue weighted by molar-refractivity contribution is 9.10. The van der Waals surface area contributed by atoms with Crippen molar-refractivity contribution in [2.24, 2.45) is 0 Å². The third kappa shape index (κ3) is 5.42. The molecule has 0 aliphatic carbocycles. The number of esters is 1. The number of ether oxygens (including phenoxy) is 1. The lowest BCUT2D eigenvalue weighted by Crippen LogP contribution is -2.20. The maximum absolute atomic E-state index is 11.7. The summed E-state index contributed by atoms with van der Waals surface area (Å²) in [5.41, 5.74) is 0.344. The second kappa shape index (κ2) is 8.19. The monoisotopic (exact) mass is 417 g/mol. The number of nitrogens with one attached hydrogen (secondary N) is 1. The van der Waals surface area contributed by atoms with Crippen LogP contribution in [0.1, 0.15) is 5.76 Å². The third-order valence-electron chi connectivity index (χ3n) is 2.55. The number of anilines is 1. The number of halogens is 3. The zero-order chi connectivity index (χ0) is 16.8. The Bertz CT molecular complexity index is 758. The Balaban J connectivity index is 1.83. The standard InChI is InChI=1S/C15H10BrCl2NO4/c16-12-6-4-9(23-12)5-7-14(21)22-8-13(20)19-11-3-1-2-10(17)15(11)18/h1-7H,8H2,(H,19,20)/b7-5+. The minimum atomic E-state index is -0.676. The van der Waals surface area contributed by atoms with Gasteiger partial charge in [-0.3, -0.25) is 4.79 Å². The molecule has 2 aromatic rings. The summed E-state index contributed by atoms with van der Waals surface area (Å²) in [5.74, 6) is -0.731. The number of rotatable bonds is 5. The van der Waals surface area contributed by atoms with Crippen LogP contribution >= 0.6 is 39.1 Å². The van der Waals surface area contributed by atoms with Crippen molar-refractivity contribution >= 4 is 62.8 Å². The van der Waals surface area contributed by atoms with Crippen molar-refractivity contribution in [3.63, 3.8) is 0 Å². The molecule has 0 radical (unpaired) electrons. The van der Waals surface area contributed by atoms with Crippen LogP contribution in [-0.2, 0) is 14.3 Å². The molecule has 1 aromatic heterocycles. The zero-order valence-corrected chi connectivity index (χ0v) is 14.6. The van der Waals surface area contributed by atoms with Gasteiger partial charge in [0, 0.05) is 6.08 Å². The maximum Gasteiger partial charge on any atom is 0.331 e. The Morgan fingerprint density at radius 3 is 2.74 bits per heavy atom. The van der Waals surface area contributed by atoms with Crippen LogP contribution in [0, 0.1) is 0 Å². The van der Waals surface area contributed by atoms with E-state index in [1.54, 1.807) is 30.3 Å². The van der Waals surface area contributed by atoms with Gasteiger partial charge in [0.25, 0.3) is 5.91 Å². The summed E-state index contributed by atoms with van der Waals surface area (Å²) in [7, 11) is 0. The molecule has 5 nitrogen and oxygen atoms in total. The lowest BCUT2D eigenvalue weighted by molar-refractivity contribution is -0.142. The van der Waals surface area contributed by atoms with E-state index in [0.717, 1.165) is 6.08 Å². The normalized spacial score (nSPS) is 10.7. The van der Waals surface area contributed by atoms with Crippen molar-refractivity contribution in [1.82, 2.24) is 0 Å². The number of benzene rings is 1. The molecule has 1 aromatic carbocycles. The summed E-state index contributed by atoms with van der Waals surface area (Å²) in [6.07, 6.45) is 2.59. The number of carbonyl (C=O) groups is 2. The molecule has 0 aliphatic rings. The number of hydrogen-bond donors (Lipinski definition) is 1. The molecule has 0 fully saturated rings. The first-order chi connectivity index (χ1) is 11.0. The molecule has 1 N–H and O–H groups in total. The van der Waals surface area contributed by atoms with Crippen LogP contribution in [0.25, 0.3) is 6.08 Å². The van der Waals surface area contributed by atoms with Crippen molar-refractivity contribution < 1.29 is 18.7 Å². The van der Waals surface area contributed by atoms with E-state index in [9.17, 15) is 9.59 Å². The van der Waals surface area contributed by atoms with Crippen LogP contribution in [0.3, 0.4) is 0 Å². The quantitative estimate of drug-likeness (QED) is 0.571. The number of amides is 1. The summed E-state index contributed by atoms with van der Waals surface area (Å²) in [6.45, 7) is -0.451. The molecule has 1 amide bonds. The summed E-state index contributed by atoms with van der Waals surface area (Å²) in [6, 6.07) is 8.18. The molecule has 8 heteroatoms. The number of hydrogen-bond acceptors (Lipinski definition) is 4. The molecule has 1 heterocycles. The predicted octanol–water partition coefficient (Wildman–Crippen LogP) is 4.54. The third-order valence-corrected chi connectivity index (χ3v) is 3.79. The van der Waals surface area contributed by atoms with Gasteiger partial charge in [0.15, 0.2) is 11.3 Å². The summed E-state index contributed by atoms with van der Waals surface area (Å²) >= 11 is 14.9. The molecule has 0 atom stereocenters. The van der Waals surface area contributed by atoms with Crippen molar-refractivity contribution in [3.05, 3.63) is 56.9 Å². The first-order valence-corrected chi connectivity index (χ1v) is 7.84. The van der Waals surface area contributed by atoms with Crippen LogP contribution in [0.15, 0.2) is 45.5 Å². The van der Waals surface area contributed by atoms with Crippen LogP contribution in [-0.4, -0.2) is 18.5 Å². The fourth-order valence-corrected chi connectivity index (χ4v) is 2.21. The Kier molecular flexibility index (Phi) is 6.27. The topological polar surface area (TPSA) is 68.5 Å². The van der Waals surface area contributed by atoms with E-state index in [4.69, 9.17) is 32.4 Å². The average Bonchev–Trinajstić information content (AvgIpc) is 2.93. The van der Waals surface area contributed by atoms with Crippen molar-refractivity contribution in [2.45, 2.75) is 0 Å². The number of carbonyl (C=O) groups excluding carboxylic acids is 2. The SMILES string of the molecule is O=C(COC(=O)/C=C/c1ccc(Br)o1)Nc1cccc(Cl)c1Cl. The Morgan fingerprint density at radius 1 is 1.26 bits per heavy atom. The van der Waals surface area contributed by atoms with Crippen LogP contribution in [0.4, 0.5) is 5.69 Å². The van der Waals surface area contributed by atoms with Crippen molar-refractivity contribution in [2.75, 3.05) is 11.9 Å². The molecule has 2 rings (SSSR count). The largest absolute Gasteiger partial charge is 0.452 e. The lowest BCUT2D eigenvalue weighted by atomic mass is 10.3. The van der Waals surface area contributed by atoms with Crippen LogP contribution < -0.4 is 5.32 Å². The Morgan fingerprint density at radius 2 is 2.04 bits per heavy atom. The molecular weight excluding hydrogens is 409 g/mol. The van der Waals surface area contributed by atoms with E-state index in [2.05, 4.69) is 21.2 Å². The molecule has 0 unspecified atom stereocenters. The van der Waals surface area contributed by atoms with Gasteiger partial charge >= 0.3 is 5.97 Å². The van der Waals surface area contributed by atoms with E-state index >= 15 is 0 Å². The fraction of sp³-hybridized carbons (Fsp3) is 0.0667. The maximum atomic E-state index is 11.7. The molecule has 0 saturated heterocycles. The zero-order valence-electron chi connectivity index (χ0n) is 11.5. The molecule has 0 saturated carbocycles. The molecule has 23 heavy (non-hydrogen) atoms. The average molecular weight is 419 g/mol. The molecule has 120 valence electrons. The first-order valence-electron chi connectivity index (χ1n) is 6.30. The van der Waals surface area contributed by atoms with E-state index in [1.807, 2.05) is 0 Å². The lowest BCUT2D eigenvalue weighted by Gasteiger charge is -2.07. The Hall–Kier alpha value is -1.76. The van der Waals surface area contributed by atoms with Crippen LogP contribution in [0.5, 0.6) is 0 Å². The minimum Gasteiger partial charge on any atom is -0.452 e. The highest BCUT2D eigenvalue weighted by atomic mass is 79.9. The van der Waals surface area contributed by atoms with Crippen molar-refractivity contribution in [3.8, 4) is 0 Å². The van der Waals surface area contributed by atoms with Gasteiger partial charge in [-0.2, -0.15) is 0 Å². The van der Waals surface area contributed by atoms with Gasteiger partial charge in [-0.25, -0.2) is 4.79 Å². The highest BCUT2D eigenvalue weighted by Crippen LogP contribution is 2.29. The predicted molar refractivity (Wildman–Crippen MR) is 91.5 cm³/mol. The fourth-order valence-electron chi connectivity index (χ4n) is 1.54. The Labute approximate surface area is 150 Å². The van der Waals surface area contributed by atoms with Crippen LogP contribution in [0.2, 0.25) is 10.0 Å². The summed E-state index contributed by atoms with van der Waals surface area (Å²) in [5, 5.41) is 3.04. The molecule has 0 bridgehead atoms. The molecule has 0 aliphatic heterocycles. The number of furan rings is 1.